The lowest BCUT2D eigenvalue weighted by atomic mass is 9.92. The summed E-state index contributed by atoms with van der Waals surface area (Å²) in [7, 11) is 1.44. The molecule has 0 saturated heterocycles. The summed E-state index contributed by atoms with van der Waals surface area (Å²) in [6.45, 7) is 9.38. The number of nitrogens with zero attached hydrogens (tertiary/aromatic N) is 4. The van der Waals surface area contributed by atoms with Crippen LogP contribution in [0, 0.1) is 0 Å². The van der Waals surface area contributed by atoms with Gasteiger partial charge in [-0.2, -0.15) is 0 Å². The van der Waals surface area contributed by atoms with Crippen molar-refractivity contribution in [2.75, 3.05) is 20.2 Å². The van der Waals surface area contributed by atoms with E-state index in [2.05, 4.69) is 31.9 Å². The number of methoxy groups -OCH3 is 1. The topological polar surface area (TPSA) is 72.3 Å². The van der Waals surface area contributed by atoms with Gasteiger partial charge in [-0.25, -0.2) is 0 Å². The molecular formula is C14H25N5O2. The van der Waals surface area contributed by atoms with E-state index in [-0.39, 0.29) is 12.0 Å². The maximum atomic E-state index is 12.1. The molecule has 0 aliphatic carbocycles. The van der Waals surface area contributed by atoms with Crippen molar-refractivity contribution in [2.45, 2.75) is 51.9 Å². The Bertz CT molecular complexity index is 489. The number of likely N-dealkylation sites (N-methyl/N-ethyl adjacent to an activating group) is 1. The number of hydrogen-bond donors (Lipinski definition) is 1. The number of ether oxygens (including phenoxy) is 1. The van der Waals surface area contributed by atoms with Gasteiger partial charge in [-0.15, -0.1) is 10.2 Å². The number of aromatic nitrogens is 3. The Morgan fingerprint density at radius 1 is 1.57 bits per heavy atom. The van der Waals surface area contributed by atoms with E-state index in [0.717, 1.165) is 32.0 Å². The summed E-state index contributed by atoms with van der Waals surface area (Å²) in [6, 6.07) is 0.249. The molecule has 7 heteroatoms. The van der Waals surface area contributed by atoms with Crippen LogP contribution in [0.15, 0.2) is 6.33 Å². The molecule has 1 aliphatic rings. The Kier molecular flexibility index (Phi) is 4.95. The Hall–Kier alpha value is -1.47. The van der Waals surface area contributed by atoms with E-state index in [1.807, 2.05) is 13.8 Å². The summed E-state index contributed by atoms with van der Waals surface area (Å²) in [4.78, 5) is 14.4. The minimum atomic E-state index is -0.659. The van der Waals surface area contributed by atoms with Crippen LogP contribution in [-0.2, 0) is 22.6 Å². The first-order valence-corrected chi connectivity index (χ1v) is 7.44. The van der Waals surface area contributed by atoms with Crippen molar-refractivity contribution in [1.29, 1.82) is 0 Å². The second-order valence-corrected chi connectivity index (χ2v) is 5.82. The molecule has 1 N–H and O–H groups in total. The highest BCUT2D eigenvalue weighted by Crippen LogP contribution is 2.21. The Labute approximate surface area is 125 Å². The van der Waals surface area contributed by atoms with Crippen molar-refractivity contribution < 1.29 is 9.53 Å². The fourth-order valence-electron chi connectivity index (χ4n) is 3.02. The van der Waals surface area contributed by atoms with Crippen LogP contribution < -0.4 is 5.32 Å². The molecule has 0 fully saturated rings. The molecule has 0 bridgehead atoms. The Balaban J connectivity index is 2.03. The largest absolute Gasteiger partial charge is 0.468 e. The van der Waals surface area contributed by atoms with E-state index in [9.17, 15) is 4.79 Å². The second kappa shape index (κ2) is 6.53. The third kappa shape index (κ3) is 3.41. The summed E-state index contributed by atoms with van der Waals surface area (Å²) in [5, 5.41) is 11.3. The zero-order valence-electron chi connectivity index (χ0n) is 13.3. The van der Waals surface area contributed by atoms with E-state index in [1.54, 1.807) is 6.33 Å². The van der Waals surface area contributed by atoms with E-state index in [1.165, 1.54) is 7.11 Å². The van der Waals surface area contributed by atoms with Crippen LogP contribution in [0.3, 0.4) is 0 Å². The van der Waals surface area contributed by atoms with Gasteiger partial charge in [0, 0.05) is 19.1 Å². The molecule has 2 rings (SSSR count). The van der Waals surface area contributed by atoms with Crippen LogP contribution in [0.4, 0.5) is 0 Å². The molecule has 1 aliphatic heterocycles. The van der Waals surface area contributed by atoms with Crippen LogP contribution in [0.2, 0.25) is 0 Å². The van der Waals surface area contributed by atoms with Crippen LogP contribution in [-0.4, -0.2) is 57.4 Å². The summed E-state index contributed by atoms with van der Waals surface area (Å²) in [5.74, 6) is 0.771. The van der Waals surface area contributed by atoms with Gasteiger partial charge < -0.3 is 14.6 Å². The zero-order chi connectivity index (χ0) is 15.5. The van der Waals surface area contributed by atoms with E-state index in [4.69, 9.17) is 4.74 Å². The predicted octanol–water partition coefficient (Wildman–Crippen LogP) is 0.414. The molecule has 0 amide bonds. The molecule has 0 spiro atoms. The predicted molar refractivity (Wildman–Crippen MR) is 78.6 cm³/mol. The third-order valence-electron chi connectivity index (χ3n) is 4.20. The van der Waals surface area contributed by atoms with E-state index < -0.39 is 5.54 Å². The molecule has 1 aromatic rings. The smallest absolute Gasteiger partial charge is 0.325 e. The van der Waals surface area contributed by atoms with Gasteiger partial charge in [-0.3, -0.25) is 9.69 Å². The number of nitrogens with one attached hydrogen (secondary N) is 1. The normalized spacial score (nSPS) is 19.6. The Morgan fingerprint density at radius 3 is 3.00 bits per heavy atom. The van der Waals surface area contributed by atoms with Gasteiger partial charge in [0.1, 0.15) is 17.7 Å². The molecule has 118 valence electrons. The van der Waals surface area contributed by atoms with Crippen molar-refractivity contribution >= 4 is 5.97 Å². The first-order valence-electron chi connectivity index (χ1n) is 7.44. The number of carbonyl (C=O) groups is 1. The summed E-state index contributed by atoms with van der Waals surface area (Å²) in [5.41, 5.74) is -0.659. The zero-order valence-corrected chi connectivity index (χ0v) is 13.3. The standard InChI is InChI=1S/C14H25N5O2/c1-5-15-14(3,13(20)21-4)8-11(2)18-6-7-19-10-16-17-12(19)9-18/h10-11,15H,5-9H2,1-4H3. The first kappa shape index (κ1) is 15.9. The molecule has 1 aromatic heterocycles. The average Bonchev–Trinajstić information content (AvgIpc) is 2.93. The molecule has 2 heterocycles. The summed E-state index contributed by atoms with van der Waals surface area (Å²) < 4.78 is 7.03. The molecule has 2 atom stereocenters. The summed E-state index contributed by atoms with van der Waals surface area (Å²) in [6.07, 6.45) is 2.47. The lowest BCUT2D eigenvalue weighted by Gasteiger charge is -2.37. The molecule has 0 radical (unpaired) electrons. The highest BCUT2D eigenvalue weighted by atomic mass is 16.5. The maximum Gasteiger partial charge on any atom is 0.325 e. The Morgan fingerprint density at radius 2 is 2.33 bits per heavy atom. The molecule has 2 unspecified atom stereocenters. The van der Waals surface area contributed by atoms with Crippen molar-refractivity contribution in [3.05, 3.63) is 12.2 Å². The highest BCUT2D eigenvalue weighted by molar-refractivity contribution is 5.80. The number of rotatable bonds is 6. The fraction of sp³-hybridized carbons (Fsp3) is 0.786. The lowest BCUT2D eigenvalue weighted by Crippen LogP contribution is -2.54. The monoisotopic (exact) mass is 295 g/mol. The van der Waals surface area contributed by atoms with Crippen molar-refractivity contribution in [3.63, 3.8) is 0 Å². The van der Waals surface area contributed by atoms with Crippen LogP contribution in [0.25, 0.3) is 0 Å². The minimum absolute atomic E-state index is 0.212. The van der Waals surface area contributed by atoms with Crippen molar-refractivity contribution in [3.8, 4) is 0 Å². The van der Waals surface area contributed by atoms with Gasteiger partial charge in [0.05, 0.1) is 13.7 Å². The van der Waals surface area contributed by atoms with Crippen LogP contribution in [0.5, 0.6) is 0 Å². The number of carbonyl (C=O) groups excluding carboxylic acids is 1. The van der Waals surface area contributed by atoms with Crippen molar-refractivity contribution in [2.24, 2.45) is 0 Å². The molecule has 21 heavy (non-hydrogen) atoms. The molecule has 0 aromatic carbocycles. The molecule has 0 saturated carbocycles. The van der Waals surface area contributed by atoms with E-state index >= 15 is 0 Å². The quantitative estimate of drug-likeness (QED) is 0.767. The fourth-order valence-corrected chi connectivity index (χ4v) is 3.02. The minimum Gasteiger partial charge on any atom is -0.468 e. The SMILES string of the molecule is CCNC(C)(CC(C)N1CCn2cnnc2C1)C(=O)OC. The lowest BCUT2D eigenvalue weighted by molar-refractivity contribution is -0.148. The van der Waals surface area contributed by atoms with E-state index in [0.29, 0.717) is 6.42 Å². The number of hydrogen-bond acceptors (Lipinski definition) is 6. The van der Waals surface area contributed by atoms with Gasteiger partial charge >= 0.3 is 5.97 Å². The second-order valence-electron chi connectivity index (χ2n) is 5.82. The highest BCUT2D eigenvalue weighted by Gasteiger charge is 2.37. The third-order valence-corrected chi connectivity index (χ3v) is 4.20. The van der Waals surface area contributed by atoms with Crippen LogP contribution >= 0.6 is 0 Å². The number of fused-ring (bicyclic) bond motifs is 1. The van der Waals surface area contributed by atoms with Gasteiger partial charge in [0.15, 0.2) is 0 Å². The maximum absolute atomic E-state index is 12.1. The van der Waals surface area contributed by atoms with Gasteiger partial charge in [-0.05, 0) is 26.8 Å². The molecular weight excluding hydrogens is 270 g/mol. The number of esters is 1. The average molecular weight is 295 g/mol. The van der Waals surface area contributed by atoms with Gasteiger partial charge in [0.2, 0.25) is 0 Å². The van der Waals surface area contributed by atoms with Crippen molar-refractivity contribution in [1.82, 2.24) is 25.0 Å². The van der Waals surface area contributed by atoms with Gasteiger partial charge in [-0.1, -0.05) is 6.92 Å². The van der Waals surface area contributed by atoms with Crippen LogP contribution in [0.1, 0.15) is 33.0 Å². The van der Waals surface area contributed by atoms with Gasteiger partial charge in [0.25, 0.3) is 0 Å². The molecule has 7 nitrogen and oxygen atoms in total. The summed E-state index contributed by atoms with van der Waals surface area (Å²) >= 11 is 0. The first-order chi connectivity index (χ1) is 10.00.